The summed E-state index contributed by atoms with van der Waals surface area (Å²) in [4.78, 5) is 3.08. The summed E-state index contributed by atoms with van der Waals surface area (Å²) in [6.07, 6.45) is 1.78. The molecule has 3 heterocycles. The van der Waals surface area contributed by atoms with Crippen molar-refractivity contribution in [3.8, 4) is 10.6 Å². The lowest BCUT2D eigenvalue weighted by Gasteiger charge is -2.31. The second kappa shape index (κ2) is 7.20. The normalized spacial score (nSPS) is 16.3. The van der Waals surface area contributed by atoms with Crippen LogP contribution in [0, 0.1) is 18.6 Å². The van der Waals surface area contributed by atoms with E-state index in [4.69, 9.17) is 4.52 Å². The van der Waals surface area contributed by atoms with Crippen LogP contribution in [0.1, 0.15) is 35.7 Å². The highest BCUT2D eigenvalue weighted by atomic mass is 32.1. The van der Waals surface area contributed by atoms with Gasteiger partial charge in [-0.15, -0.1) is 5.10 Å². The summed E-state index contributed by atoms with van der Waals surface area (Å²) in [6.45, 7) is 3.89. The maximum Gasteiger partial charge on any atom is 0.180 e. The molecule has 0 saturated carbocycles. The number of aromatic nitrogens is 3. The zero-order valence-corrected chi connectivity index (χ0v) is 15.1. The van der Waals surface area contributed by atoms with Gasteiger partial charge in [0.25, 0.3) is 0 Å². The van der Waals surface area contributed by atoms with Crippen molar-refractivity contribution >= 4 is 11.5 Å². The highest BCUT2D eigenvalue weighted by Gasteiger charge is 2.27. The number of likely N-dealkylation sites (tertiary alicyclic amines) is 1. The molecule has 26 heavy (non-hydrogen) atoms. The first kappa shape index (κ1) is 17.2. The number of hydrogen-bond acceptors (Lipinski definition) is 6. The van der Waals surface area contributed by atoms with E-state index in [1.165, 1.54) is 23.7 Å². The Hall–Kier alpha value is -2.19. The maximum atomic E-state index is 13.8. The monoisotopic (exact) mass is 376 g/mol. The van der Waals surface area contributed by atoms with E-state index in [1.54, 1.807) is 0 Å². The SMILES string of the molecule is Cc1cc(-c2snnc2C2CCN(Cc3cc(F)ccc3F)CC2)on1. The highest BCUT2D eigenvalue weighted by Crippen LogP contribution is 2.36. The number of nitrogens with zero attached hydrogens (tertiary/aromatic N) is 4. The van der Waals surface area contributed by atoms with Crippen LogP contribution < -0.4 is 0 Å². The molecule has 1 aromatic carbocycles. The Kier molecular flexibility index (Phi) is 4.78. The Labute approximate surface area is 153 Å². The molecule has 1 aliphatic rings. The summed E-state index contributed by atoms with van der Waals surface area (Å²) in [5, 5.41) is 8.25. The van der Waals surface area contributed by atoms with Gasteiger partial charge in [0.15, 0.2) is 5.76 Å². The molecule has 8 heteroatoms. The number of piperidine rings is 1. The largest absolute Gasteiger partial charge is 0.355 e. The fraction of sp³-hybridized carbons (Fsp3) is 0.389. The van der Waals surface area contributed by atoms with E-state index in [-0.39, 0.29) is 11.7 Å². The van der Waals surface area contributed by atoms with Gasteiger partial charge in [-0.3, -0.25) is 4.90 Å². The van der Waals surface area contributed by atoms with Gasteiger partial charge in [-0.1, -0.05) is 9.64 Å². The van der Waals surface area contributed by atoms with E-state index in [0.717, 1.165) is 48.3 Å². The lowest BCUT2D eigenvalue weighted by Crippen LogP contribution is -2.33. The van der Waals surface area contributed by atoms with Crippen LogP contribution in [0.25, 0.3) is 10.6 Å². The van der Waals surface area contributed by atoms with Gasteiger partial charge in [0.2, 0.25) is 0 Å². The lowest BCUT2D eigenvalue weighted by atomic mass is 9.92. The van der Waals surface area contributed by atoms with Crippen LogP contribution >= 0.6 is 11.5 Å². The van der Waals surface area contributed by atoms with Gasteiger partial charge in [0.1, 0.15) is 16.5 Å². The minimum Gasteiger partial charge on any atom is -0.355 e. The third-order valence-corrected chi connectivity index (χ3v) is 5.50. The van der Waals surface area contributed by atoms with Gasteiger partial charge < -0.3 is 4.52 Å². The average molecular weight is 376 g/mol. The molecule has 0 radical (unpaired) electrons. The number of benzene rings is 1. The molecule has 0 amide bonds. The molecular weight excluding hydrogens is 358 g/mol. The summed E-state index contributed by atoms with van der Waals surface area (Å²) < 4.78 is 36.6. The van der Waals surface area contributed by atoms with Crippen molar-refractivity contribution in [2.45, 2.75) is 32.2 Å². The molecule has 136 valence electrons. The molecular formula is C18H18F2N4OS. The zero-order valence-electron chi connectivity index (χ0n) is 14.3. The summed E-state index contributed by atoms with van der Waals surface area (Å²) in [5.74, 6) is 0.219. The van der Waals surface area contributed by atoms with Crippen molar-refractivity contribution in [2.24, 2.45) is 0 Å². The Morgan fingerprint density at radius 3 is 2.77 bits per heavy atom. The molecule has 0 aliphatic carbocycles. The Bertz CT molecular complexity index is 902. The van der Waals surface area contributed by atoms with E-state index in [1.807, 2.05) is 13.0 Å². The first-order valence-corrected chi connectivity index (χ1v) is 9.29. The standard InChI is InChI=1S/C18H18F2N4OS/c1-11-8-16(25-22-11)18-17(21-23-26-18)12-4-6-24(7-5-12)10-13-9-14(19)2-3-15(13)20/h2-3,8-9,12H,4-7,10H2,1H3. The van der Waals surface area contributed by atoms with Gasteiger partial charge in [0, 0.05) is 24.1 Å². The van der Waals surface area contributed by atoms with Gasteiger partial charge in [-0.2, -0.15) is 0 Å². The van der Waals surface area contributed by atoms with Crippen LogP contribution in [0.4, 0.5) is 8.78 Å². The van der Waals surface area contributed by atoms with Crippen LogP contribution in [0.3, 0.4) is 0 Å². The van der Waals surface area contributed by atoms with Crippen molar-refractivity contribution < 1.29 is 13.3 Å². The molecule has 1 saturated heterocycles. The molecule has 0 N–H and O–H groups in total. The van der Waals surface area contributed by atoms with E-state index in [9.17, 15) is 8.78 Å². The van der Waals surface area contributed by atoms with Crippen molar-refractivity contribution in [2.75, 3.05) is 13.1 Å². The molecule has 2 aromatic heterocycles. The zero-order chi connectivity index (χ0) is 18.1. The smallest absolute Gasteiger partial charge is 0.180 e. The fourth-order valence-electron chi connectivity index (χ4n) is 3.38. The van der Waals surface area contributed by atoms with Gasteiger partial charge in [-0.25, -0.2) is 8.78 Å². The van der Waals surface area contributed by atoms with E-state index in [0.29, 0.717) is 17.9 Å². The second-order valence-electron chi connectivity index (χ2n) is 6.61. The van der Waals surface area contributed by atoms with Crippen LogP contribution in [-0.4, -0.2) is 32.7 Å². The average Bonchev–Trinajstić information content (AvgIpc) is 3.27. The van der Waals surface area contributed by atoms with E-state index < -0.39 is 5.82 Å². The maximum absolute atomic E-state index is 13.8. The van der Waals surface area contributed by atoms with Gasteiger partial charge >= 0.3 is 0 Å². The molecule has 5 nitrogen and oxygen atoms in total. The van der Waals surface area contributed by atoms with Crippen molar-refractivity contribution in [1.82, 2.24) is 19.6 Å². The van der Waals surface area contributed by atoms with Crippen molar-refractivity contribution in [3.05, 3.63) is 52.9 Å². The molecule has 0 atom stereocenters. The third kappa shape index (κ3) is 3.52. The lowest BCUT2D eigenvalue weighted by molar-refractivity contribution is 0.201. The summed E-state index contributed by atoms with van der Waals surface area (Å²) in [6, 6.07) is 5.49. The number of hydrogen-bond donors (Lipinski definition) is 0. The molecule has 0 spiro atoms. The third-order valence-electron chi connectivity index (χ3n) is 4.74. The Balaban J connectivity index is 1.43. The number of halogens is 2. The Morgan fingerprint density at radius 1 is 1.23 bits per heavy atom. The van der Waals surface area contributed by atoms with Crippen LogP contribution in [-0.2, 0) is 6.54 Å². The van der Waals surface area contributed by atoms with Crippen LogP contribution in [0.5, 0.6) is 0 Å². The summed E-state index contributed by atoms with van der Waals surface area (Å²) >= 11 is 1.32. The predicted octanol–water partition coefficient (Wildman–Crippen LogP) is 4.16. The van der Waals surface area contributed by atoms with E-state index in [2.05, 4.69) is 19.6 Å². The topological polar surface area (TPSA) is 55.1 Å². The minimum atomic E-state index is -0.406. The molecule has 1 aliphatic heterocycles. The van der Waals surface area contributed by atoms with Crippen molar-refractivity contribution in [1.29, 1.82) is 0 Å². The van der Waals surface area contributed by atoms with Gasteiger partial charge in [0.05, 0.1) is 11.4 Å². The predicted molar refractivity (Wildman–Crippen MR) is 93.8 cm³/mol. The van der Waals surface area contributed by atoms with Crippen LogP contribution in [0.2, 0.25) is 0 Å². The first-order valence-electron chi connectivity index (χ1n) is 8.52. The molecule has 3 aromatic rings. The van der Waals surface area contributed by atoms with Crippen molar-refractivity contribution in [3.63, 3.8) is 0 Å². The first-order chi connectivity index (χ1) is 12.6. The molecule has 1 fully saturated rings. The number of rotatable bonds is 4. The van der Waals surface area contributed by atoms with Gasteiger partial charge in [-0.05, 0) is 62.6 Å². The molecule has 0 unspecified atom stereocenters. The van der Waals surface area contributed by atoms with Crippen LogP contribution in [0.15, 0.2) is 28.8 Å². The molecule has 4 rings (SSSR count). The summed E-state index contributed by atoms with van der Waals surface area (Å²) in [7, 11) is 0. The molecule has 0 bridgehead atoms. The highest BCUT2D eigenvalue weighted by molar-refractivity contribution is 7.09. The second-order valence-corrected chi connectivity index (χ2v) is 7.36. The Morgan fingerprint density at radius 2 is 2.04 bits per heavy atom. The number of aryl methyl sites for hydroxylation is 1. The fourth-order valence-corrected chi connectivity index (χ4v) is 4.07. The quantitative estimate of drug-likeness (QED) is 0.684. The summed E-state index contributed by atoms with van der Waals surface area (Å²) in [5.41, 5.74) is 2.17. The van der Waals surface area contributed by atoms with E-state index >= 15 is 0 Å². The minimum absolute atomic E-state index is 0.280.